The Labute approximate surface area is 166 Å². The number of aliphatic carboxylic acids is 2. The second kappa shape index (κ2) is 11.9. The Balaban J connectivity index is 0.000000483. The molecule has 0 aliphatic carbocycles. The van der Waals surface area contributed by atoms with Gasteiger partial charge in [-0.2, -0.15) is 0 Å². The van der Waals surface area contributed by atoms with E-state index in [1.54, 1.807) is 24.3 Å². The number of carboxylic acid groups (broad SMARTS) is 2. The largest absolute Gasteiger partial charge is 2.00 e. The Hall–Kier alpha value is -2.59. The summed E-state index contributed by atoms with van der Waals surface area (Å²) >= 11 is 0. The summed E-state index contributed by atoms with van der Waals surface area (Å²) in [6, 6.07) is 10.4. The van der Waals surface area contributed by atoms with Crippen LogP contribution >= 0.6 is 0 Å². The van der Waals surface area contributed by atoms with Crippen molar-refractivity contribution in [1.82, 2.24) is 0 Å². The second-order valence-corrected chi connectivity index (χ2v) is 5.59. The molecule has 8 nitrogen and oxygen atoms in total. The molecule has 0 aliphatic heterocycles. The number of carbonyl (C=O) groups is 2. The van der Waals surface area contributed by atoms with E-state index in [2.05, 4.69) is 0 Å². The number of hydrogen-bond acceptors (Lipinski definition) is 8. The van der Waals surface area contributed by atoms with Gasteiger partial charge in [0.15, 0.2) is 0 Å². The van der Waals surface area contributed by atoms with Crippen LogP contribution in [0.2, 0.25) is 0 Å². The van der Waals surface area contributed by atoms with E-state index in [1.807, 2.05) is 0 Å². The maximum atomic E-state index is 10.3. The monoisotopic (exact) mass is 419 g/mol. The Morgan fingerprint density at radius 3 is 1.22 bits per heavy atom. The van der Waals surface area contributed by atoms with Crippen LogP contribution in [0, 0.1) is 0 Å². The molecule has 27 heavy (non-hydrogen) atoms. The number of rotatable bonds is 6. The average Bonchev–Trinajstić information content (AvgIpc) is 2.59. The number of carboxylic acids is 2. The van der Waals surface area contributed by atoms with Crippen molar-refractivity contribution >= 4 is 11.9 Å². The van der Waals surface area contributed by atoms with E-state index < -0.39 is 24.0 Å². The van der Waals surface area contributed by atoms with Crippen LogP contribution in [0.15, 0.2) is 48.5 Å². The van der Waals surface area contributed by atoms with E-state index in [0.29, 0.717) is 0 Å². The van der Waals surface area contributed by atoms with Crippen LogP contribution in [0.1, 0.15) is 11.1 Å². The van der Waals surface area contributed by atoms with E-state index in [9.17, 15) is 19.8 Å². The van der Waals surface area contributed by atoms with Crippen molar-refractivity contribution in [2.45, 2.75) is 24.9 Å². The number of phenols is 2. The SMILES string of the molecule is N[C@@H](Cc1ccc(O)cc1)C(=O)[O-].N[C@@H](Cc1ccc(O)cc1)C(=O)[O-].[Co+2]. The summed E-state index contributed by atoms with van der Waals surface area (Å²) in [7, 11) is 0. The maximum Gasteiger partial charge on any atom is 2.00 e. The van der Waals surface area contributed by atoms with Crippen molar-refractivity contribution in [3.63, 3.8) is 0 Å². The Kier molecular flexibility index (Phi) is 10.8. The first-order chi connectivity index (χ1) is 12.2. The summed E-state index contributed by atoms with van der Waals surface area (Å²) in [5.41, 5.74) is 12.0. The molecule has 0 spiro atoms. The number of aromatic hydroxyl groups is 2. The molecule has 2 aromatic carbocycles. The van der Waals surface area contributed by atoms with E-state index in [0.717, 1.165) is 11.1 Å². The van der Waals surface area contributed by atoms with Gasteiger partial charge in [-0.3, -0.25) is 0 Å². The van der Waals surface area contributed by atoms with Gasteiger partial charge in [0.05, 0.1) is 11.9 Å². The molecule has 2 atom stereocenters. The topological polar surface area (TPSA) is 173 Å². The van der Waals surface area contributed by atoms with Gasteiger partial charge in [-0.25, -0.2) is 0 Å². The molecule has 2 rings (SSSR count). The van der Waals surface area contributed by atoms with Crippen molar-refractivity contribution in [2.24, 2.45) is 11.5 Å². The summed E-state index contributed by atoms with van der Waals surface area (Å²) < 4.78 is 0. The smallest absolute Gasteiger partial charge is 0.548 e. The minimum Gasteiger partial charge on any atom is -0.548 e. The van der Waals surface area contributed by atoms with Gasteiger partial charge in [-0.1, -0.05) is 24.3 Å². The molecule has 9 heteroatoms. The third-order valence-corrected chi connectivity index (χ3v) is 3.39. The van der Waals surface area contributed by atoms with Crippen molar-refractivity contribution in [2.75, 3.05) is 0 Å². The summed E-state index contributed by atoms with van der Waals surface area (Å²) in [5.74, 6) is -2.25. The molecule has 2 aromatic rings. The van der Waals surface area contributed by atoms with Crippen LogP contribution in [0.3, 0.4) is 0 Å². The van der Waals surface area contributed by atoms with Crippen molar-refractivity contribution < 1.29 is 46.8 Å². The molecule has 0 unspecified atom stereocenters. The standard InChI is InChI=1S/2C9H11NO3.Co/c2*10-8(9(12)13)5-6-1-3-7(11)4-2-6;/h2*1-4,8,11H,5,10H2,(H,12,13);/q;;+2/p-2/t2*8-;/m00./s1. The zero-order valence-corrected chi connectivity index (χ0v) is 15.2. The number of benzene rings is 2. The first kappa shape index (κ1) is 24.4. The first-order valence-electron chi connectivity index (χ1n) is 7.67. The molecular weight excluding hydrogens is 399 g/mol. The summed E-state index contributed by atoms with van der Waals surface area (Å²) in [6.45, 7) is 0. The number of carbonyl (C=O) groups excluding carboxylic acids is 2. The molecule has 0 amide bonds. The number of phenolic OH excluding ortho intramolecular Hbond substituents is 2. The van der Waals surface area contributed by atoms with E-state index in [-0.39, 0.29) is 41.1 Å². The van der Waals surface area contributed by atoms with Gasteiger partial charge in [0.25, 0.3) is 0 Å². The molecule has 0 fully saturated rings. The van der Waals surface area contributed by atoms with Crippen molar-refractivity contribution in [1.29, 1.82) is 0 Å². The van der Waals surface area contributed by atoms with Gasteiger partial charge in [-0.15, -0.1) is 0 Å². The van der Waals surface area contributed by atoms with Gasteiger partial charge in [0, 0.05) is 12.1 Å². The first-order valence-corrected chi connectivity index (χ1v) is 7.67. The van der Waals surface area contributed by atoms with Crippen LogP contribution in [0.5, 0.6) is 11.5 Å². The van der Waals surface area contributed by atoms with Crippen LogP contribution < -0.4 is 21.7 Å². The van der Waals surface area contributed by atoms with Gasteiger partial charge < -0.3 is 41.5 Å². The molecule has 147 valence electrons. The fourth-order valence-electron chi connectivity index (χ4n) is 1.94. The van der Waals surface area contributed by atoms with Crippen LogP contribution in [-0.2, 0) is 39.2 Å². The predicted octanol–water partition coefficient (Wildman–Crippen LogP) is -1.98. The fourth-order valence-corrected chi connectivity index (χ4v) is 1.94. The van der Waals surface area contributed by atoms with Crippen LogP contribution in [-0.4, -0.2) is 34.2 Å². The van der Waals surface area contributed by atoms with Crippen molar-refractivity contribution in [3.05, 3.63) is 59.7 Å². The molecular formula is C18H20CoN2O6. The molecule has 0 heterocycles. The van der Waals surface area contributed by atoms with Gasteiger partial charge in [0.1, 0.15) is 11.5 Å². The van der Waals surface area contributed by atoms with E-state index in [1.165, 1.54) is 24.3 Å². The van der Waals surface area contributed by atoms with Gasteiger partial charge in [-0.05, 0) is 48.2 Å². The predicted molar refractivity (Wildman–Crippen MR) is 89.6 cm³/mol. The number of nitrogens with two attached hydrogens (primary N) is 2. The Bertz CT molecular complexity index is 658. The summed E-state index contributed by atoms with van der Waals surface area (Å²) in [4.78, 5) is 20.6. The Morgan fingerprint density at radius 2 is 1.00 bits per heavy atom. The minimum atomic E-state index is -1.27. The quantitative estimate of drug-likeness (QED) is 0.417. The Morgan fingerprint density at radius 1 is 0.741 bits per heavy atom. The van der Waals surface area contributed by atoms with Gasteiger partial charge >= 0.3 is 16.8 Å². The minimum absolute atomic E-state index is 0. The van der Waals surface area contributed by atoms with Crippen molar-refractivity contribution in [3.8, 4) is 11.5 Å². The normalized spacial score (nSPS) is 11.9. The molecule has 0 saturated heterocycles. The number of hydrogen-bond donors (Lipinski definition) is 4. The zero-order chi connectivity index (χ0) is 19.7. The average molecular weight is 419 g/mol. The molecule has 0 aromatic heterocycles. The molecule has 0 saturated carbocycles. The fraction of sp³-hybridized carbons (Fsp3) is 0.222. The summed E-state index contributed by atoms with van der Waals surface area (Å²) in [5, 5.41) is 38.5. The van der Waals surface area contributed by atoms with Gasteiger partial charge in [0.2, 0.25) is 0 Å². The third kappa shape index (κ3) is 9.61. The molecule has 0 bridgehead atoms. The summed E-state index contributed by atoms with van der Waals surface area (Å²) in [6.07, 6.45) is 0.422. The van der Waals surface area contributed by atoms with Crippen LogP contribution in [0.4, 0.5) is 0 Å². The molecule has 6 N–H and O–H groups in total. The molecule has 1 radical (unpaired) electrons. The molecule has 0 aliphatic rings. The maximum absolute atomic E-state index is 10.3. The van der Waals surface area contributed by atoms with Crippen LogP contribution in [0.25, 0.3) is 0 Å². The second-order valence-electron chi connectivity index (χ2n) is 5.59. The third-order valence-electron chi connectivity index (χ3n) is 3.39. The zero-order valence-electron chi connectivity index (χ0n) is 14.2. The van der Waals surface area contributed by atoms with E-state index in [4.69, 9.17) is 21.7 Å². The van der Waals surface area contributed by atoms with E-state index >= 15 is 0 Å².